The molecule has 0 spiro atoms. The van der Waals surface area contributed by atoms with Gasteiger partial charge in [0.05, 0.1) is 31.9 Å². The lowest BCUT2D eigenvalue weighted by atomic mass is 9.94. The summed E-state index contributed by atoms with van der Waals surface area (Å²) in [6.07, 6.45) is 1.65. The van der Waals surface area contributed by atoms with E-state index in [1.165, 1.54) is 0 Å². The lowest BCUT2D eigenvalue weighted by Crippen LogP contribution is -2.42. The summed E-state index contributed by atoms with van der Waals surface area (Å²) < 4.78 is 16.3. The molecule has 0 aromatic heterocycles. The van der Waals surface area contributed by atoms with Crippen LogP contribution >= 0.6 is 0 Å². The topological polar surface area (TPSA) is 88.5 Å². The Balaban J connectivity index is 1.72. The Morgan fingerprint density at radius 1 is 1.14 bits per heavy atom. The van der Waals surface area contributed by atoms with Crippen molar-refractivity contribution in [1.29, 1.82) is 0 Å². The highest BCUT2D eigenvalue weighted by molar-refractivity contribution is 6.46. The monoisotopic (exact) mass is 492 g/mol. The van der Waals surface area contributed by atoms with E-state index in [1.54, 1.807) is 48.4 Å². The van der Waals surface area contributed by atoms with Crippen LogP contribution in [-0.4, -0.2) is 79.7 Å². The van der Waals surface area contributed by atoms with Crippen LogP contribution in [0.5, 0.6) is 11.5 Å². The third-order valence-electron chi connectivity index (χ3n) is 6.54. The second-order valence-corrected chi connectivity index (χ2v) is 8.80. The molecule has 0 radical (unpaired) electrons. The summed E-state index contributed by atoms with van der Waals surface area (Å²) in [4.78, 5) is 30.2. The van der Waals surface area contributed by atoms with Gasteiger partial charge in [0.25, 0.3) is 11.7 Å². The zero-order chi connectivity index (χ0) is 25.7. The molecule has 2 aromatic rings. The number of ketones is 1. The molecule has 2 saturated heterocycles. The van der Waals surface area contributed by atoms with Crippen molar-refractivity contribution in [3.05, 3.63) is 77.4 Å². The summed E-state index contributed by atoms with van der Waals surface area (Å²) in [5, 5.41) is 11.3. The number of aryl methyl sites for hydroxylation is 1. The van der Waals surface area contributed by atoms with Crippen molar-refractivity contribution >= 4 is 17.4 Å². The van der Waals surface area contributed by atoms with Crippen molar-refractivity contribution in [3.8, 4) is 11.5 Å². The highest BCUT2D eigenvalue weighted by Gasteiger charge is 2.46. The van der Waals surface area contributed by atoms with Gasteiger partial charge in [0.15, 0.2) is 0 Å². The standard InChI is InChI=1S/C28H32N2O6/c1-4-15-36-23-10-7-21(18-19(23)2)26(31)24-25(20-5-8-22(34-3)9-6-20)30(28(33)27(24)32)12-11-29-13-16-35-17-14-29/h4-10,18,25,31H,1,11-17H2,2-3H3/b26-24-. The Hall–Kier alpha value is -3.62. The molecule has 36 heavy (non-hydrogen) atoms. The highest BCUT2D eigenvalue weighted by atomic mass is 16.5. The number of rotatable bonds is 9. The predicted octanol–water partition coefficient (Wildman–Crippen LogP) is 3.32. The molecule has 1 atom stereocenters. The fourth-order valence-corrected chi connectivity index (χ4v) is 4.58. The van der Waals surface area contributed by atoms with Crippen molar-refractivity contribution in [2.75, 3.05) is 53.1 Å². The molecule has 0 saturated carbocycles. The zero-order valence-corrected chi connectivity index (χ0v) is 20.7. The van der Waals surface area contributed by atoms with E-state index in [4.69, 9.17) is 14.2 Å². The Morgan fingerprint density at radius 3 is 2.50 bits per heavy atom. The maximum Gasteiger partial charge on any atom is 0.295 e. The molecular weight excluding hydrogens is 460 g/mol. The quantitative estimate of drug-likeness (QED) is 0.249. The number of methoxy groups -OCH3 is 1. The molecule has 2 aromatic carbocycles. The molecule has 1 amide bonds. The van der Waals surface area contributed by atoms with Crippen LogP contribution < -0.4 is 9.47 Å². The van der Waals surface area contributed by atoms with E-state index in [0.717, 1.165) is 24.2 Å². The van der Waals surface area contributed by atoms with Crippen LogP contribution in [-0.2, 0) is 14.3 Å². The van der Waals surface area contributed by atoms with Crippen molar-refractivity contribution < 1.29 is 28.9 Å². The normalized spacial score (nSPS) is 19.9. The molecule has 2 aliphatic rings. The van der Waals surface area contributed by atoms with Gasteiger partial charge in [-0.15, -0.1) is 0 Å². The summed E-state index contributed by atoms with van der Waals surface area (Å²) in [7, 11) is 1.58. The first-order chi connectivity index (χ1) is 17.4. The number of nitrogens with zero attached hydrogens (tertiary/aromatic N) is 2. The number of aliphatic hydroxyl groups excluding tert-OH is 1. The van der Waals surface area contributed by atoms with Gasteiger partial charge in [0, 0.05) is 31.7 Å². The first kappa shape index (κ1) is 25.5. The van der Waals surface area contributed by atoms with Crippen LogP contribution in [0.1, 0.15) is 22.7 Å². The van der Waals surface area contributed by atoms with Crippen LogP contribution in [0.2, 0.25) is 0 Å². The molecule has 1 N–H and O–H groups in total. The molecule has 0 bridgehead atoms. The van der Waals surface area contributed by atoms with Crippen LogP contribution in [0.3, 0.4) is 0 Å². The third kappa shape index (κ3) is 5.29. The summed E-state index contributed by atoms with van der Waals surface area (Å²) >= 11 is 0. The Bertz CT molecular complexity index is 1150. The third-order valence-corrected chi connectivity index (χ3v) is 6.54. The molecule has 2 aliphatic heterocycles. The smallest absolute Gasteiger partial charge is 0.295 e. The number of amides is 1. The van der Waals surface area contributed by atoms with E-state index in [2.05, 4.69) is 11.5 Å². The van der Waals surface area contributed by atoms with Gasteiger partial charge in [-0.25, -0.2) is 0 Å². The Morgan fingerprint density at radius 2 is 1.86 bits per heavy atom. The second-order valence-electron chi connectivity index (χ2n) is 8.80. The minimum absolute atomic E-state index is 0.0753. The van der Waals surface area contributed by atoms with Crippen molar-refractivity contribution in [3.63, 3.8) is 0 Å². The molecule has 4 rings (SSSR count). The van der Waals surface area contributed by atoms with E-state index >= 15 is 0 Å². The predicted molar refractivity (Wildman–Crippen MR) is 136 cm³/mol. The second kappa shape index (κ2) is 11.4. The van der Waals surface area contributed by atoms with Crippen LogP contribution in [0.15, 0.2) is 60.7 Å². The summed E-state index contributed by atoms with van der Waals surface area (Å²) in [6.45, 7) is 9.67. The molecule has 2 fully saturated rings. The van der Waals surface area contributed by atoms with Crippen LogP contribution in [0.25, 0.3) is 5.76 Å². The number of likely N-dealkylation sites (tertiary alicyclic amines) is 1. The summed E-state index contributed by atoms with van der Waals surface area (Å²) in [6, 6.07) is 11.7. The van der Waals surface area contributed by atoms with Gasteiger partial charge in [0.2, 0.25) is 0 Å². The minimum atomic E-state index is -0.714. The van der Waals surface area contributed by atoms with E-state index in [9.17, 15) is 14.7 Å². The average molecular weight is 493 g/mol. The van der Waals surface area contributed by atoms with E-state index in [1.807, 2.05) is 19.1 Å². The first-order valence-corrected chi connectivity index (χ1v) is 12.0. The highest BCUT2D eigenvalue weighted by Crippen LogP contribution is 2.40. The van der Waals surface area contributed by atoms with Crippen LogP contribution in [0, 0.1) is 6.92 Å². The zero-order valence-electron chi connectivity index (χ0n) is 20.7. The van der Waals surface area contributed by atoms with Gasteiger partial charge >= 0.3 is 0 Å². The van der Waals surface area contributed by atoms with Crippen LogP contribution in [0.4, 0.5) is 0 Å². The van der Waals surface area contributed by atoms with Crippen molar-refractivity contribution in [2.24, 2.45) is 0 Å². The lowest BCUT2D eigenvalue weighted by molar-refractivity contribution is -0.140. The summed E-state index contributed by atoms with van der Waals surface area (Å²) in [5.74, 6) is -0.200. The number of ether oxygens (including phenoxy) is 3. The number of hydrogen-bond acceptors (Lipinski definition) is 7. The molecule has 2 heterocycles. The SMILES string of the molecule is C=CCOc1ccc(/C(O)=C2/C(=O)C(=O)N(CCN3CCOCC3)C2c2ccc(OC)cc2)cc1C. The molecular formula is C28H32N2O6. The van der Waals surface area contributed by atoms with Gasteiger partial charge in [-0.3, -0.25) is 14.5 Å². The number of carbonyl (C=O) groups is 2. The number of hydrogen-bond donors (Lipinski definition) is 1. The van der Waals surface area contributed by atoms with E-state index < -0.39 is 17.7 Å². The fourth-order valence-electron chi connectivity index (χ4n) is 4.58. The number of carbonyl (C=O) groups excluding carboxylic acids is 2. The maximum atomic E-state index is 13.3. The number of aliphatic hydroxyl groups is 1. The molecule has 1 unspecified atom stereocenters. The van der Waals surface area contributed by atoms with Gasteiger partial charge in [-0.2, -0.15) is 0 Å². The first-order valence-electron chi connectivity index (χ1n) is 12.0. The minimum Gasteiger partial charge on any atom is -0.507 e. The Kier molecular flexibility index (Phi) is 8.07. The fraction of sp³-hybridized carbons (Fsp3) is 0.357. The molecule has 8 nitrogen and oxygen atoms in total. The number of Topliss-reactive ketones (excluding diaryl/α,β-unsaturated/α-hetero) is 1. The largest absolute Gasteiger partial charge is 0.507 e. The molecule has 190 valence electrons. The van der Waals surface area contributed by atoms with E-state index in [-0.39, 0.29) is 11.3 Å². The number of morpholine rings is 1. The van der Waals surface area contributed by atoms with Gasteiger partial charge < -0.3 is 24.2 Å². The van der Waals surface area contributed by atoms with Gasteiger partial charge in [0.1, 0.15) is 23.9 Å². The van der Waals surface area contributed by atoms with Gasteiger partial charge in [-0.05, 0) is 48.4 Å². The lowest BCUT2D eigenvalue weighted by Gasteiger charge is -2.31. The average Bonchev–Trinajstić information content (AvgIpc) is 3.16. The Labute approximate surface area is 211 Å². The van der Waals surface area contributed by atoms with Crippen molar-refractivity contribution in [1.82, 2.24) is 9.80 Å². The maximum absolute atomic E-state index is 13.3. The molecule has 0 aliphatic carbocycles. The van der Waals surface area contributed by atoms with E-state index in [0.29, 0.717) is 50.0 Å². The number of benzene rings is 2. The molecule has 8 heteroatoms. The van der Waals surface area contributed by atoms with Gasteiger partial charge in [-0.1, -0.05) is 24.8 Å². The summed E-state index contributed by atoms with van der Waals surface area (Å²) in [5.41, 5.74) is 2.04. The van der Waals surface area contributed by atoms with Crippen molar-refractivity contribution in [2.45, 2.75) is 13.0 Å².